The van der Waals surface area contributed by atoms with E-state index in [4.69, 9.17) is 16.3 Å². The van der Waals surface area contributed by atoms with Gasteiger partial charge in [-0.25, -0.2) is 14.6 Å². The van der Waals surface area contributed by atoms with Crippen molar-refractivity contribution in [2.24, 2.45) is 0 Å². The van der Waals surface area contributed by atoms with Crippen LogP contribution in [0.5, 0.6) is 11.8 Å². The SMILES string of the molecule is O=C(Nc1ccc(Oc2ncccn2)cc1)c1cnn(-c2ccc(Cl)cc2)c1C(F)(F)F. The molecule has 0 spiro atoms. The first-order valence-corrected chi connectivity index (χ1v) is 9.46. The van der Waals surface area contributed by atoms with E-state index in [2.05, 4.69) is 20.4 Å². The number of nitrogens with one attached hydrogen (secondary N) is 1. The van der Waals surface area contributed by atoms with Crippen molar-refractivity contribution in [3.63, 3.8) is 0 Å². The fourth-order valence-corrected chi connectivity index (χ4v) is 2.94. The van der Waals surface area contributed by atoms with Crippen molar-refractivity contribution in [3.8, 4) is 17.4 Å². The zero-order chi connectivity index (χ0) is 22.7. The number of benzene rings is 2. The first kappa shape index (κ1) is 21.3. The number of nitrogens with zero attached hydrogens (tertiary/aromatic N) is 4. The predicted molar refractivity (Wildman–Crippen MR) is 110 cm³/mol. The van der Waals surface area contributed by atoms with E-state index in [1.165, 1.54) is 60.9 Å². The quantitative estimate of drug-likeness (QED) is 0.433. The number of alkyl halides is 3. The number of rotatable bonds is 5. The van der Waals surface area contributed by atoms with Crippen LogP contribution in [0.2, 0.25) is 5.02 Å². The third-order valence-corrected chi connectivity index (χ3v) is 4.47. The van der Waals surface area contributed by atoms with Crippen LogP contribution in [0.3, 0.4) is 0 Å². The summed E-state index contributed by atoms with van der Waals surface area (Å²) in [6, 6.07) is 13.4. The van der Waals surface area contributed by atoms with Crippen molar-refractivity contribution in [2.45, 2.75) is 6.18 Å². The Hall–Kier alpha value is -3.92. The molecule has 0 aliphatic heterocycles. The molecule has 0 atom stereocenters. The highest BCUT2D eigenvalue weighted by molar-refractivity contribution is 6.30. The highest BCUT2D eigenvalue weighted by Crippen LogP contribution is 2.34. The summed E-state index contributed by atoms with van der Waals surface area (Å²) in [5, 5.41) is 6.56. The zero-order valence-electron chi connectivity index (χ0n) is 16.0. The summed E-state index contributed by atoms with van der Waals surface area (Å²) in [4.78, 5) is 20.5. The summed E-state index contributed by atoms with van der Waals surface area (Å²) in [6.45, 7) is 0. The van der Waals surface area contributed by atoms with E-state index in [9.17, 15) is 18.0 Å². The maximum absolute atomic E-state index is 13.8. The van der Waals surface area contributed by atoms with Crippen molar-refractivity contribution in [1.29, 1.82) is 0 Å². The Morgan fingerprint density at radius 2 is 1.66 bits per heavy atom. The average molecular weight is 460 g/mol. The fraction of sp³-hybridized carbons (Fsp3) is 0.0476. The molecule has 162 valence electrons. The summed E-state index contributed by atoms with van der Waals surface area (Å²) in [7, 11) is 0. The molecule has 2 heterocycles. The van der Waals surface area contributed by atoms with Gasteiger partial charge in [-0.3, -0.25) is 4.79 Å². The largest absolute Gasteiger partial charge is 0.434 e. The Labute approximate surface area is 184 Å². The summed E-state index contributed by atoms with van der Waals surface area (Å²) >= 11 is 5.80. The number of anilines is 1. The van der Waals surface area contributed by atoms with E-state index in [1.807, 2.05) is 0 Å². The minimum absolute atomic E-state index is 0.116. The number of carbonyl (C=O) groups excluding carboxylic acids is 1. The molecule has 32 heavy (non-hydrogen) atoms. The van der Waals surface area contributed by atoms with Crippen LogP contribution in [0.25, 0.3) is 5.69 Å². The molecule has 0 aliphatic carbocycles. The Balaban J connectivity index is 1.56. The molecule has 2 aromatic heterocycles. The van der Waals surface area contributed by atoms with Gasteiger partial charge in [0, 0.05) is 23.1 Å². The second-order valence-electron chi connectivity index (χ2n) is 6.40. The predicted octanol–water partition coefficient (Wildman–Crippen LogP) is 5.38. The molecular formula is C21H13ClF3N5O2. The van der Waals surface area contributed by atoms with Gasteiger partial charge in [0.2, 0.25) is 0 Å². The van der Waals surface area contributed by atoms with Gasteiger partial charge in [0.25, 0.3) is 5.91 Å². The topological polar surface area (TPSA) is 81.9 Å². The van der Waals surface area contributed by atoms with Crippen LogP contribution in [-0.4, -0.2) is 25.7 Å². The number of aromatic nitrogens is 4. The Bertz CT molecular complexity index is 1230. The van der Waals surface area contributed by atoms with Crippen LogP contribution in [0.15, 0.2) is 73.2 Å². The second-order valence-corrected chi connectivity index (χ2v) is 6.84. The van der Waals surface area contributed by atoms with Crippen molar-refractivity contribution in [2.75, 3.05) is 5.32 Å². The summed E-state index contributed by atoms with van der Waals surface area (Å²) in [5.74, 6) is -0.571. The van der Waals surface area contributed by atoms with E-state index in [0.717, 1.165) is 6.20 Å². The number of carbonyl (C=O) groups is 1. The molecule has 7 nitrogen and oxygen atoms in total. The van der Waals surface area contributed by atoms with Gasteiger partial charge in [-0.05, 0) is 54.6 Å². The lowest BCUT2D eigenvalue weighted by molar-refractivity contribution is -0.143. The molecule has 0 fully saturated rings. The normalized spacial score (nSPS) is 11.2. The van der Waals surface area contributed by atoms with Gasteiger partial charge in [0.15, 0.2) is 5.69 Å². The molecule has 4 rings (SSSR count). The van der Waals surface area contributed by atoms with E-state index < -0.39 is 23.3 Å². The van der Waals surface area contributed by atoms with Crippen LogP contribution >= 0.6 is 11.6 Å². The maximum atomic E-state index is 13.8. The van der Waals surface area contributed by atoms with Gasteiger partial charge in [0.05, 0.1) is 17.4 Å². The minimum atomic E-state index is -4.82. The van der Waals surface area contributed by atoms with Crippen molar-refractivity contribution in [3.05, 3.63) is 89.5 Å². The van der Waals surface area contributed by atoms with Crippen molar-refractivity contribution in [1.82, 2.24) is 19.7 Å². The van der Waals surface area contributed by atoms with Gasteiger partial charge < -0.3 is 10.1 Å². The zero-order valence-corrected chi connectivity index (χ0v) is 16.8. The third kappa shape index (κ3) is 4.70. The Morgan fingerprint density at radius 1 is 1.00 bits per heavy atom. The molecule has 0 unspecified atom stereocenters. The van der Waals surface area contributed by atoms with E-state index in [1.54, 1.807) is 6.07 Å². The third-order valence-electron chi connectivity index (χ3n) is 4.22. The summed E-state index contributed by atoms with van der Waals surface area (Å²) in [5.41, 5.74) is -1.43. The molecule has 1 N–H and O–H groups in total. The molecule has 2 aromatic carbocycles. The molecule has 0 saturated heterocycles. The lowest BCUT2D eigenvalue weighted by atomic mass is 10.2. The fourth-order valence-electron chi connectivity index (χ4n) is 2.81. The van der Waals surface area contributed by atoms with Crippen LogP contribution in [-0.2, 0) is 6.18 Å². The lowest BCUT2D eigenvalue weighted by Gasteiger charge is -2.13. The summed E-state index contributed by atoms with van der Waals surface area (Å²) < 4.78 is 47.4. The van der Waals surface area contributed by atoms with Crippen LogP contribution in [0.4, 0.5) is 18.9 Å². The van der Waals surface area contributed by atoms with Gasteiger partial charge in [-0.2, -0.15) is 18.3 Å². The Kier molecular flexibility index (Phi) is 5.78. The number of halogens is 4. The minimum Gasteiger partial charge on any atom is -0.424 e. The van der Waals surface area contributed by atoms with Crippen LogP contribution < -0.4 is 10.1 Å². The number of hydrogen-bond donors (Lipinski definition) is 1. The highest BCUT2D eigenvalue weighted by Gasteiger charge is 2.40. The van der Waals surface area contributed by atoms with Crippen molar-refractivity contribution < 1.29 is 22.7 Å². The molecule has 11 heteroatoms. The Morgan fingerprint density at radius 3 is 2.28 bits per heavy atom. The number of amides is 1. The first-order valence-electron chi connectivity index (χ1n) is 9.09. The van der Waals surface area contributed by atoms with E-state index in [-0.39, 0.29) is 17.4 Å². The average Bonchev–Trinajstić information content (AvgIpc) is 3.22. The van der Waals surface area contributed by atoms with Crippen molar-refractivity contribution >= 4 is 23.2 Å². The summed E-state index contributed by atoms with van der Waals surface area (Å²) in [6.07, 6.45) is -0.925. The lowest BCUT2D eigenvalue weighted by Crippen LogP contribution is -2.20. The van der Waals surface area contributed by atoms with E-state index in [0.29, 0.717) is 15.5 Å². The smallest absolute Gasteiger partial charge is 0.424 e. The second kappa shape index (κ2) is 8.67. The molecule has 0 aliphatic rings. The monoisotopic (exact) mass is 459 g/mol. The molecule has 1 amide bonds. The highest BCUT2D eigenvalue weighted by atomic mass is 35.5. The van der Waals surface area contributed by atoms with Crippen LogP contribution in [0.1, 0.15) is 16.1 Å². The van der Waals surface area contributed by atoms with Gasteiger partial charge >= 0.3 is 12.2 Å². The molecule has 0 bridgehead atoms. The molecule has 4 aromatic rings. The van der Waals surface area contributed by atoms with Gasteiger partial charge in [-0.1, -0.05) is 11.6 Å². The van der Waals surface area contributed by atoms with Gasteiger partial charge in [0.1, 0.15) is 5.75 Å². The molecule has 0 radical (unpaired) electrons. The number of ether oxygens (including phenoxy) is 1. The first-order chi connectivity index (χ1) is 15.3. The molecule has 0 saturated carbocycles. The standard InChI is InChI=1S/C21H13ClF3N5O2/c22-13-2-6-15(7-3-13)30-18(21(23,24)25)17(12-28-30)19(31)29-14-4-8-16(9-5-14)32-20-26-10-1-11-27-20/h1-12H,(H,29,31). The van der Waals surface area contributed by atoms with Crippen LogP contribution in [0, 0.1) is 0 Å². The number of hydrogen-bond acceptors (Lipinski definition) is 5. The maximum Gasteiger partial charge on any atom is 0.434 e. The van der Waals surface area contributed by atoms with E-state index >= 15 is 0 Å². The molecular weight excluding hydrogens is 447 g/mol. The van der Waals surface area contributed by atoms with Gasteiger partial charge in [-0.15, -0.1) is 0 Å².